The van der Waals surface area contributed by atoms with E-state index in [4.69, 9.17) is 33.0 Å². The average molecular weight is 325 g/mol. The second-order valence-corrected chi connectivity index (χ2v) is 5.46. The highest BCUT2D eigenvalue weighted by Crippen LogP contribution is 2.33. The van der Waals surface area contributed by atoms with E-state index in [9.17, 15) is 4.79 Å². The molecular formula is C16H14Cl2O3. The first kappa shape index (κ1) is 15.7. The summed E-state index contributed by atoms with van der Waals surface area (Å²) >= 11 is 12.0. The number of hydrogen-bond acceptors (Lipinski definition) is 2. The van der Waals surface area contributed by atoms with Crippen LogP contribution in [0.4, 0.5) is 0 Å². The van der Waals surface area contributed by atoms with Crippen molar-refractivity contribution in [3.63, 3.8) is 0 Å². The molecule has 0 radical (unpaired) electrons. The summed E-state index contributed by atoms with van der Waals surface area (Å²) in [6.45, 7) is 1.96. The van der Waals surface area contributed by atoms with Crippen LogP contribution < -0.4 is 4.74 Å². The summed E-state index contributed by atoms with van der Waals surface area (Å²) in [5.41, 5.74) is 1.66. The summed E-state index contributed by atoms with van der Waals surface area (Å²) in [5, 5.41) is 9.88. The summed E-state index contributed by atoms with van der Waals surface area (Å²) < 4.78 is 5.62. The van der Waals surface area contributed by atoms with Crippen LogP contribution in [0.1, 0.15) is 24.0 Å². The molecule has 0 fully saturated rings. The SMILES string of the molecule is CC(C(=O)O)c1ccc(COc2c(Cl)cccc2Cl)cc1. The van der Waals surface area contributed by atoms with Crippen molar-refractivity contribution in [2.45, 2.75) is 19.4 Å². The van der Waals surface area contributed by atoms with E-state index in [1.807, 2.05) is 12.1 Å². The van der Waals surface area contributed by atoms with E-state index in [0.717, 1.165) is 11.1 Å². The maximum Gasteiger partial charge on any atom is 0.310 e. The molecule has 0 aromatic heterocycles. The minimum atomic E-state index is -0.846. The van der Waals surface area contributed by atoms with Crippen LogP contribution in [0.3, 0.4) is 0 Å². The van der Waals surface area contributed by atoms with E-state index in [1.54, 1.807) is 37.3 Å². The maximum absolute atomic E-state index is 10.9. The van der Waals surface area contributed by atoms with Gasteiger partial charge in [-0.25, -0.2) is 0 Å². The van der Waals surface area contributed by atoms with Crippen LogP contribution in [0, 0.1) is 0 Å². The van der Waals surface area contributed by atoms with Crippen molar-refractivity contribution in [3.05, 3.63) is 63.6 Å². The van der Waals surface area contributed by atoms with Gasteiger partial charge in [-0.05, 0) is 30.2 Å². The lowest BCUT2D eigenvalue weighted by Crippen LogP contribution is -2.07. The molecule has 110 valence electrons. The highest BCUT2D eigenvalue weighted by Gasteiger charge is 2.13. The Labute approximate surface area is 133 Å². The molecule has 0 bridgehead atoms. The number of hydrogen-bond donors (Lipinski definition) is 1. The molecule has 2 rings (SSSR count). The fourth-order valence-corrected chi connectivity index (χ4v) is 2.33. The van der Waals surface area contributed by atoms with Gasteiger partial charge in [0, 0.05) is 0 Å². The monoisotopic (exact) mass is 324 g/mol. The van der Waals surface area contributed by atoms with Gasteiger partial charge in [0.25, 0.3) is 0 Å². The number of para-hydroxylation sites is 1. The predicted molar refractivity (Wildman–Crippen MR) is 83.3 cm³/mol. The molecule has 3 nitrogen and oxygen atoms in total. The number of benzene rings is 2. The van der Waals surface area contributed by atoms with E-state index in [-0.39, 0.29) is 0 Å². The van der Waals surface area contributed by atoms with Crippen LogP contribution in [0.15, 0.2) is 42.5 Å². The number of ether oxygens (including phenoxy) is 1. The number of carbonyl (C=O) groups is 1. The lowest BCUT2D eigenvalue weighted by atomic mass is 10.0. The third kappa shape index (κ3) is 3.90. The third-order valence-corrected chi connectivity index (χ3v) is 3.75. The van der Waals surface area contributed by atoms with E-state index < -0.39 is 11.9 Å². The van der Waals surface area contributed by atoms with E-state index in [1.165, 1.54) is 0 Å². The Morgan fingerprint density at radius 1 is 1.14 bits per heavy atom. The zero-order valence-electron chi connectivity index (χ0n) is 11.3. The van der Waals surface area contributed by atoms with Crippen LogP contribution in [0.25, 0.3) is 0 Å². The van der Waals surface area contributed by atoms with Crippen LogP contribution in [0.5, 0.6) is 5.75 Å². The van der Waals surface area contributed by atoms with Gasteiger partial charge in [-0.1, -0.05) is 53.5 Å². The van der Waals surface area contributed by atoms with Gasteiger partial charge in [0.15, 0.2) is 5.75 Å². The van der Waals surface area contributed by atoms with Crippen molar-refractivity contribution >= 4 is 29.2 Å². The number of carboxylic acids is 1. The van der Waals surface area contributed by atoms with Crippen LogP contribution in [-0.4, -0.2) is 11.1 Å². The van der Waals surface area contributed by atoms with Crippen molar-refractivity contribution in [1.82, 2.24) is 0 Å². The highest BCUT2D eigenvalue weighted by atomic mass is 35.5. The molecule has 0 heterocycles. The number of rotatable bonds is 5. The molecule has 0 spiro atoms. The molecular weight excluding hydrogens is 311 g/mol. The molecule has 0 aliphatic rings. The highest BCUT2D eigenvalue weighted by molar-refractivity contribution is 6.37. The molecule has 1 atom stereocenters. The maximum atomic E-state index is 10.9. The second-order valence-electron chi connectivity index (χ2n) is 4.64. The molecule has 0 aliphatic heterocycles. The summed E-state index contributed by atoms with van der Waals surface area (Å²) in [4.78, 5) is 10.9. The Kier molecular flexibility index (Phi) is 5.10. The fourth-order valence-electron chi connectivity index (χ4n) is 1.82. The lowest BCUT2D eigenvalue weighted by Gasteiger charge is -2.11. The Balaban J connectivity index is 2.06. The quantitative estimate of drug-likeness (QED) is 0.862. The minimum Gasteiger partial charge on any atom is -0.486 e. The Hall–Kier alpha value is -1.71. The van der Waals surface area contributed by atoms with Gasteiger partial charge in [-0.15, -0.1) is 0 Å². The first-order chi connectivity index (χ1) is 9.99. The average Bonchev–Trinajstić information content (AvgIpc) is 2.46. The van der Waals surface area contributed by atoms with E-state index in [2.05, 4.69) is 0 Å². The van der Waals surface area contributed by atoms with Crippen molar-refractivity contribution in [3.8, 4) is 5.75 Å². The molecule has 2 aromatic carbocycles. The van der Waals surface area contributed by atoms with Crippen molar-refractivity contribution in [1.29, 1.82) is 0 Å². The first-order valence-corrected chi connectivity index (χ1v) is 7.13. The second kappa shape index (κ2) is 6.83. The molecule has 0 aliphatic carbocycles. The largest absolute Gasteiger partial charge is 0.486 e. The summed E-state index contributed by atoms with van der Waals surface area (Å²) in [6, 6.07) is 12.4. The zero-order chi connectivity index (χ0) is 15.4. The molecule has 5 heteroatoms. The van der Waals surface area contributed by atoms with Crippen molar-refractivity contribution in [2.24, 2.45) is 0 Å². The fraction of sp³-hybridized carbons (Fsp3) is 0.188. The molecule has 0 saturated carbocycles. The third-order valence-electron chi connectivity index (χ3n) is 3.15. The summed E-state index contributed by atoms with van der Waals surface area (Å²) in [6.07, 6.45) is 0. The number of aliphatic carboxylic acids is 1. The number of carboxylic acid groups (broad SMARTS) is 1. The van der Waals surface area contributed by atoms with Gasteiger partial charge in [-0.3, -0.25) is 4.79 Å². The minimum absolute atomic E-state index is 0.311. The molecule has 2 aromatic rings. The van der Waals surface area contributed by atoms with Gasteiger partial charge >= 0.3 is 5.97 Å². The van der Waals surface area contributed by atoms with Crippen molar-refractivity contribution in [2.75, 3.05) is 0 Å². The lowest BCUT2D eigenvalue weighted by molar-refractivity contribution is -0.138. The normalized spacial score (nSPS) is 12.0. The van der Waals surface area contributed by atoms with Gasteiger partial charge in [0.2, 0.25) is 0 Å². The predicted octanol–water partition coefficient (Wildman–Crippen LogP) is 4.76. The molecule has 0 saturated heterocycles. The Morgan fingerprint density at radius 3 is 2.24 bits per heavy atom. The first-order valence-electron chi connectivity index (χ1n) is 6.37. The topological polar surface area (TPSA) is 46.5 Å². The van der Waals surface area contributed by atoms with Crippen LogP contribution in [0.2, 0.25) is 10.0 Å². The summed E-state index contributed by atoms with van der Waals surface area (Å²) in [7, 11) is 0. The van der Waals surface area contributed by atoms with E-state index >= 15 is 0 Å². The van der Waals surface area contributed by atoms with Gasteiger partial charge in [-0.2, -0.15) is 0 Å². The smallest absolute Gasteiger partial charge is 0.310 e. The van der Waals surface area contributed by atoms with Crippen molar-refractivity contribution < 1.29 is 14.6 Å². The van der Waals surface area contributed by atoms with E-state index in [0.29, 0.717) is 22.4 Å². The van der Waals surface area contributed by atoms with Gasteiger partial charge in [0.05, 0.1) is 16.0 Å². The standard InChI is InChI=1S/C16H14Cl2O3/c1-10(16(19)20)12-7-5-11(6-8-12)9-21-15-13(17)3-2-4-14(15)18/h2-8,10H,9H2,1H3,(H,19,20). The Bertz CT molecular complexity index is 618. The van der Waals surface area contributed by atoms with Gasteiger partial charge in [0.1, 0.15) is 6.61 Å². The molecule has 1 unspecified atom stereocenters. The van der Waals surface area contributed by atoms with Crippen LogP contribution >= 0.6 is 23.2 Å². The summed E-state index contributed by atoms with van der Waals surface area (Å²) in [5.74, 6) is -0.927. The van der Waals surface area contributed by atoms with Gasteiger partial charge < -0.3 is 9.84 Å². The van der Waals surface area contributed by atoms with Crippen LogP contribution in [-0.2, 0) is 11.4 Å². The molecule has 1 N–H and O–H groups in total. The molecule has 21 heavy (non-hydrogen) atoms. The Morgan fingerprint density at radius 2 is 1.71 bits per heavy atom. The molecule has 0 amide bonds. The number of halogens is 2. The zero-order valence-corrected chi connectivity index (χ0v) is 12.9.